The van der Waals surface area contributed by atoms with E-state index in [9.17, 15) is 18.0 Å². The number of nitrogens with zero attached hydrogens (tertiary/aromatic N) is 2. The molecule has 0 aromatic carbocycles. The van der Waals surface area contributed by atoms with Crippen LogP contribution < -0.4 is 5.32 Å². The number of imidazole rings is 1. The number of hydrogen-bond donors (Lipinski definition) is 1. The van der Waals surface area contributed by atoms with Crippen molar-refractivity contribution >= 4 is 11.3 Å². The zero-order chi connectivity index (χ0) is 13.3. The summed E-state index contributed by atoms with van der Waals surface area (Å²) in [6.45, 7) is 0.274. The van der Waals surface area contributed by atoms with E-state index in [1.54, 1.807) is 25.4 Å². The highest BCUT2D eigenvalue weighted by atomic mass is 19.4. The average molecular weight is 257 g/mol. The summed E-state index contributed by atoms with van der Waals surface area (Å²) in [6.07, 6.45) is -3.34. The number of halogens is 3. The number of fused-ring (bicyclic) bond motifs is 1. The first-order valence-electron chi connectivity index (χ1n) is 5.17. The van der Waals surface area contributed by atoms with E-state index in [-0.39, 0.29) is 12.1 Å². The standard InChI is InChI=1S/C11H10F3N3O/c1-15-6-8-16-9(10(18)11(12,13)14)7-4-2-3-5-17(7)8/h2-5,15H,6H2,1H3. The van der Waals surface area contributed by atoms with Gasteiger partial charge in [0.05, 0.1) is 12.1 Å². The summed E-state index contributed by atoms with van der Waals surface area (Å²) in [7, 11) is 1.65. The Kier molecular flexibility index (Phi) is 3.08. The summed E-state index contributed by atoms with van der Waals surface area (Å²) in [5, 5.41) is 2.79. The van der Waals surface area contributed by atoms with Crippen LogP contribution in [0.4, 0.5) is 13.2 Å². The first-order chi connectivity index (χ1) is 8.45. The summed E-state index contributed by atoms with van der Waals surface area (Å²) < 4.78 is 38.8. The number of pyridine rings is 1. The molecule has 2 heterocycles. The molecule has 2 rings (SSSR count). The maximum Gasteiger partial charge on any atom is 0.456 e. The second-order valence-electron chi connectivity index (χ2n) is 3.69. The molecule has 0 atom stereocenters. The molecule has 7 heteroatoms. The van der Waals surface area contributed by atoms with Crippen molar-refractivity contribution in [1.82, 2.24) is 14.7 Å². The summed E-state index contributed by atoms with van der Waals surface area (Å²) in [5.74, 6) is -1.56. The van der Waals surface area contributed by atoms with Crippen molar-refractivity contribution in [2.24, 2.45) is 0 Å². The lowest BCUT2D eigenvalue weighted by Crippen LogP contribution is -2.23. The number of rotatable bonds is 3. The maximum atomic E-state index is 12.4. The molecule has 96 valence electrons. The number of alkyl halides is 3. The molecule has 4 nitrogen and oxygen atoms in total. The van der Waals surface area contributed by atoms with Crippen LogP contribution in [0, 0.1) is 0 Å². The van der Waals surface area contributed by atoms with E-state index in [1.165, 1.54) is 10.5 Å². The summed E-state index contributed by atoms with van der Waals surface area (Å²) in [4.78, 5) is 15.1. The van der Waals surface area contributed by atoms with E-state index in [0.29, 0.717) is 5.82 Å². The second-order valence-corrected chi connectivity index (χ2v) is 3.69. The first-order valence-corrected chi connectivity index (χ1v) is 5.17. The summed E-state index contributed by atoms with van der Waals surface area (Å²) >= 11 is 0. The molecule has 0 saturated carbocycles. The number of hydrogen-bond acceptors (Lipinski definition) is 3. The van der Waals surface area contributed by atoms with Gasteiger partial charge in [-0.2, -0.15) is 13.2 Å². The molecule has 0 bridgehead atoms. The van der Waals surface area contributed by atoms with Gasteiger partial charge in [0, 0.05) is 6.20 Å². The van der Waals surface area contributed by atoms with Crippen LogP contribution in [-0.4, -0.2) is 28.4 Å². The highest BCUT2D eigenvalue weighted by molar-refractivity contribution is 6.04. The normalized spacial score (nSPS) is 12.0. The number of carbonyl (C=O) groups excluding carboxylic acids is 1. The van der Waals surface area contributed by atoms with Crippen molar-refractivity contribution in [3.8, 4) is 0 Å². The Balaban J connectivity index is 2.61. The van der Waals surface area contributed by atoms with Crippen molar-refractivity contribution in [2.75, 3.05) is 7.05 Å². The minimum Gasteiger partial charge on any atom is -0.313 e. The third-order valence-corrected chi connectivity index (χ3v) is 2.43. The highest BCUT2D eigenvalue weighted by Gasteiger charge is 2.42. The van der Waals surface area contributed by atoms with E-state index in [1.807, 2.05) is 0 Å². The number of nitrogens with one attached hydrogen (secondary N) is 1. The largest absolute Gasteiger partial charge is 0.456 e. The van der Waals surface area contributed by atoms with E-state index in [2.05, 4.69) is 10.3 Å². The van der Waals surface area contributed by atoms with Gasteiger partial charge in [-0.05, 0) is 19.2 Å². The van der Waals surface area contributed by atoms with Crippen LogP contribution in [0.1, 0.15) is 16.3 Å². The lowest BCUT2D eigenvalue weighted by atomic mass is 10.2. The lowest BCUT2D eigenvalue weighted by Gasteiger charge is -2.02. The second kappa shape index (κ2) is 4.41. The fourth-order valence-corrected chi connectivity index (χ4v) is 1.69. The van der Waals surface area contributed by atoms with Crippen LogP contribution in [0.2, 0.25) is 0 Å². The highest BCUT2D eigenvalue weighted by Crippen LogP contribution is 2.24. The molecule has 1 N–H and O–H groups in total. The Hall–Kier alpha value is -1.89. The summed E-state index contributed by atoms with van der Waals surface area (Å²) in [6, 6.07) is 4.66. The molecule has 0 amide bonds. The lowest BCUT2D eigenvalue weighted by molar-refractivity contribution is -0.0887. The van der Waals surface area contributed by atoms with Gasteiger partial charge in [0.15, 0.2) is 0 Å². The van der Waals surface area contributed by atoms with Gasteiger partial charge >= 0.3 is 6.18 Å². The summed E-state index contributed by atoms with van der Waals surface area (Å²) in [5.41, 5.74) is -0.404. The van der Waals surface area contributed by atoms with Crippen molar-refractivity contribution in [2.45, 2.75) is 12.7 Å². The molecular weight excluding hydrogens is 247 g/mol. The SMILES string of the molecule is CNCc1nc(C(=O)C(F)(F)F)c2ccccn12. The van der Waals surface area contributed by atoms with Crippen molar-refractivity contribution in [1.29, 1.82) is 0 Å². The zero-order valence-electron chi connectivity index (χ0n) is 9.45. The third-order valence-electron chi connectivity index (χ3n) is 2.43. The third kappa shape index (κ3) is 2.08. The molecular formula is C11H10F3N3O. The minimum absolute atomic E-state index is 0.157. The van der Waals surface area contributed by atoms with Crippen LogP contribution in [0.5, 0.6) is 0 Å². The predicted molar refractivity (Wildman–Crippen MR) is 58.3 cm³/mol. The fourth-order valence-electron chi connectivity index (χ4n) is 1.69. The minimum atomic E-state index is -4.92. The van der Waals surface area contributed by atoms with Gasteiger partial charge in [0.25, 0.3) is 5.78 Å². The monoisotopic (exact) mass is 257 g/mol. The predicted octanol–water partition coefficient (Wildman–Crippen LogP) is 1.80. The number of Topliss-reactive ketones (excluding diaryl/α,β-unsaturated/α-hetero) is 1. The molecule has 0 saturated heterocycles. The van der Waals surface area contributed by atoms with Gasteiger partial charge in [-0.25, -0.2) is 4.98 Å². The van der Waals surface area contributed by atoms with Crippen molar-refractivity contribution < 1.29 is 18.0 Å². The topological polar surface area (TPSA) is 46.4 Å². The van der Waals surface area contributed by atoms with E-state index in [0.717, 1.165) is 0 Å². The van der Waals surface area contributed by atoms with Gasteiger partial charge in [-0.3, -0.25) is 4.79 Å². The number of ketones is 1. The molecule has 2 aromatic heterocycles. The van der Waals surface area contributed by atoms with Crippen molar-refractivity contribution in [3.05, 3.63) is 35.9 Å². The fraction of sp³-hybridized carbons (Fsp3) is 0.273. The molecule has 0 aliphatic carbocycles. The maximum absolute atomic E-state index is 12.4. The van der Waals surface area contributed by atoms with Crippen molar-refractivity contribution in [3.63, 3.8) is 0 Å². The molecule has 0 aliphatic rings. The molecule has 18 heavy (non-hydrogen) atoms. The van der Waals surface area contributed by atoms with Crippen LogP contribution >= 0.6 is 0 Å². The van der Waals surface area contributed by atoms with E-state index < -0.39 is 17.7 Å². The van der Waals surface area contributed by atoms with Gasteiger partial charge < -0.3 is 9.72 Å². The average Bonchev–Trinajstić information content (AvgIpc) is 2.67. The Morgan fingerprint density at radius 1 is 1.44 bits per heavy atom. The number of aromatic nitrogens is 2. The molecule has 2 aromatic rings. The molecule has 0 aliphatic heterocycles. The molecule has 0 unspecified atom stereocenters. The molecule has 0 spiro atoms. The molecule has 0 fully saturated rings. The van der Waals surface area contributed by atoms with Crippen LogP contribution in [0.15, 0.2) is 24.4 Å². The van der Waals surface area contributed by atoms with Crippen LogP contribution in [-0.2, 0) is 6.54 Å². The Morgan fingerprint density at radius 2 is 2.17 bits per heavy atom. The Bertz CT molecular complexity index is 589. The van der Waals surface area contributed by atoms with E-state index in [4.69, 9.17) is 0 Å². The quantitative estimate of drug-likeness (QED) is 0.853. The van der Waals surface area contributed by atoms with Crippen LogP contribution in [0.3, 0.4) is 0 Å². The van der Waals surface area contributed by atoms with Gasteiger partial charge in [0.2, 0.25) is 0 Å². The zero-order valence-corrected chi connectivity index (χ0v) is 9.45. The van der Waals surface area contributed by atoms with E-state index >= 15 is 0 Å². The first kappa shape index (κ1) is 12.6. The number of carbonyl (C=O) groups is 1. The smallest absolute Gasteiger partial charge is 0.313 e. The van der Waals surface area contributed by atoms with Gasteiger partial charge in [-0.1, -0.05) is 6.07 Å². The van der Waals surface area contributed by atoms with Crippen LogP contribution in [0.25, 0.3) is 5.52 Å². The Morgan fingerprint density at radius 3 is 2.78 bits per heavy atom. The Labute approximate surface area is 100 Å². The molecule has 0 radical (unpaired) electrons. The van der Waals surface area contributed by atoms with Gasteiger partial charge in [0.1, 0.15) is 11.5 Å². The van der Waals surface area contributed by atoms with Gasteiger partial charge in [-0.15, -0.1) is 0 Å².